The van der Waals surface area contributed by atoms with E-state index in [2.05, 4.69) is 0 Å². The molecule has 1 heterocycles. The van der Waals surface area contributed by atoms with Crippen LogP contribution in [0.25, 0.3) is 0 Å². The van der Waals surface area contributed by atoms with Crippen molar-refractivity contribution in [2.24, 2.45) is 5.73 Å². The van der Waals surface area contributed by atoms with Crippen LogP contribution >= 0.6 is 12.4 Å². The summed E-state index contributed by atoms with van der Waals surface area (Å²) in [5.41, 5.74) is 7.35. The Hall–Kier alpha value is -0.800. The maximum Gasteiger partial charge on any atom is 0.129 e. The minimum atomic E-state index is -0.229. The summed E-state index contributed by atoms with van der Waals surface area (Å²) in [4.78, 5) is 0. The van der Waals surface area contributed by atoms with Gasteiger partial charge in [-0.15, -0.1) is 12.4 Å². The molecule has 0 saturated heterocycles. The first kappa shape index (κ1) is 11.3. The lowest BCUT2D eigenvalue weighted by Crippen LogP contribution is -2.21. The Bertz CT molecular complexity index is 343. The summed E-state index contributed by atoms with van der Waals surface area (Å²) in [6.07, 6.45) is 0.804. The predicted molar refractivity (Wildman–Crippen MR) is 55.4 cm³/mol. The van der Waals surface area contributed by atoms with Crippen molar-refractivity contribution in [1.82, 2.24) is 0 Å². The summed E-state index contributed by atoms with van der Waals surface area (Å²) in [6, 6.07) is 3.15. The van der Waals surface area contributed by atoms with Gasteiger partial charge >= 0.3 is 0 Å². The Balaban J connectivity index is 0.000000980. The molecule has 1 atom stereocenters. The van der Waals surface area contributed by atoms with Crippen LogP contribution in [-0.2, 0) is 0 Å². The minimum Gasteiger partial charge on any atom is -0.493 e. The molecule has 0 bridgehead atoms. The monoisotopic (exact) mass is 217 g/mol. The van der Waals surface area contributed by atoms with E-state index in [4.69, 9.17) is 10.5 Å². The minimum absolute atomic E-state index is 0. The molecular weight excluding hydrogens is 205 g/mol. The lowest BCUT2D eigenvalue weighted by molar-refractivity contribution is 0.265. The molecule has 14 heavy (non-hydrogen) atoms. The maximum absolute atomic E-state index is 13.1. The highest BCUT2D eigenvalue weighted by atomic mass is 35.5. The maximum atomic E-state index is 13.1. The Labute approximate surface area is 88.7 Å². The Morgan fingerprint density at radius 2 is 2.21 bits per heavy atom. The lowest BCUT2D eigenvalue weighted by atomic mass is 9.99. The van der Waals surface area contributed by atoms with Crippen molar-refractivity contribution in [3.63, 3.8) is 0 Å². The standard InChI is InChI=1S/C10H12FNO.ClH/c1-6-8(11)3-2-7-9(12)4-5-13-10(6)7;/h2-3,9H,4-5,12H2,1H3;1H/t9-;/m1./s1. The normalized spacial score (nSPS) is 19.2. The molecule has 1 aromatic rings. The molecule has 1 aromatic carbocycles. The number of nitrogens with two attached hydrogens (primary N) is 1. The Morgan fingerprint density at radius 1 is 1.50 bits per heavy atom. The summed E-state index contributed by atoms with van der Waals surface area (Å²) in [6.45, 7) is 2.30. The van der Waals surface area contributed by atoms with Crippen LogP contribution in [0.4, 0.5) is 4.39 Å². The number of benzene rings is 1. The number of rotatable bonds is 0. The van der Waals surface area contributed by atoms with Crippen molar-refractivity contribution in [3.8, 4) is 5.75 Å². The smallest absolute Gasteiger partial charge is 0.129 e. The fraction of sp³-hybridized carbons (Fsp3) is 0.400. The number of ether oxygens (including phenoxy) is 1. The highest BCUT2D eigenvalue weighted by Crippen LogP contribution is 2.34. The first-order valence-electron chi connectivity index (χ1n) is 4.37. The zero-order valence-corrected chi connectivity index (χ0v) is 8.73. The fourth-order valence-corrected chi connectivity index (χ4v) is 1.62. The molecule has 2 N–H and O–H groups in total. The van der Waals surface area contributed by atoms with Gasteiger partial charge in [0, 0.05) is 23.6 Å². The van der Waals surface area contributed by atoms with Crippen molar-refractivity contribution < 1.29 is 9.13 Å². The van der Waals surface area contributed by atoms with Crippen molar-refractivity contribution in [3.05, 3.63) is 29.1 Å². The van der Waals surface area contributed by atoms with E-state index in [1.807, 2.05) is 0 Å². The van der Waals surface area contributed by atoms with Gasteiger partial charge in [-0.3, -0.25) is 0 Å². The van der Waals surface area contributed by atoms with Crippen molar-refractivity contribution in [2.75, 3.05) is 6.61 Å². The van der Waals surface area contributed by atoms with Crippen LogP contribution < -0.4 is 10.5 Å². The van der Waals surface area contributed by atoms with Gasteiger partial charge in [0.05, 0.1) is 6.61 Å². The molecule has 0 aliphatic carbocycles. The second-order valence-electron chi connectivity index (χ2n) is 3.33. The van der Waals surface area contributed by atoms with Gasteiger partial charge in [-0.25, -0.2) is 4.39 Å². The molecule has 0 spiro atoms. The molecule has 2 nitrogen and oxygen atoms in total. The molecule has 0 unspecified atom stereocenters. The van der Waals surface area contributed by atoms with Crippen LogP contribution in [0.2, 0.25) is 0 Å². The summed E-state index contributed by atoms with van der Waals surface area (Å²) in [7, 11) is 0. The highest BCUT2D eigenvalue weighted by Gasteiger charge is 2.20. The van der Waals surface area contributed by atoms with Crippen molar-refractivity contribution in [2.45, 2.75) is 19.4 Å². The Kier molecular flexibility index (Phi) is 3.34. The van der Waals surface area contributed by atoms with Gasteiger partial charge in [0.25, 0.3) is 0 Å². The number of halogens is 2. The van der Waals surface area contributed by atoms with Gasteiger partial charge in [0.1, 0.15) is 11.6 Å². The Morgan fingerprint density at radius 3 is 2.93 bits per heavy atom. The van der Waals surface area contributed by atoms with Gasteiger partial charge in [0.2, 0.25) is 0 Å². The first-order valence-corrected chi connectivity index (χ1v) is 4.37. The SMILES string of the molecule is Cc1c(F)ccc2c1OCC[C@H]2N.Cl. The first-order chi connectivity index (χ1) is 6.20. The van der Waals surface area contributed by atoms with E-state index < -0.39 is 0 Å². The van der Waals surface area contributed by atoms with Crippen LogP contribution in [0.3, 0.4) is 0 Å². The number of hydrogen-bond donors (Lipinski definition) is 1. The number of hydrogen-bond acceptors (Lipinski definition) is 2. The zero-order valence-electron chi connectivity index (χ0n) is 7.92. The third-order valence-corrected chi connectivity index (χ3v) is 2.44. The van der Waals surface area contributed by atoms with E-state index in [0.717, 1.165) is 12.0 Å². The van der Waals surface area contributed by atoms with Gasteiger partial charge in [-0.2, -0.15) is 0 Å². The number of fused-ring (bicyclic) bond motifs is 1. The van der Waals surface area contributed by atoms with E-state index >= 15 is 0 Å². The zero-order chi connectivity index (χ0) is 9.42. The van der Waals surface area contributed by atoms with Gasteiger partial charge < -0.3 is 10.5 Å². The van der Waals surface area contributed by atoms with Crippen LogP contribution in [0.1, 0.15) is 23.6 Å². The average Bonchev–Trinajstić information content (AvgIpc) is 2.12. The fourth-order valence-electron chi connectivity index (χ4n) is 1.62. The summed E-state index contributed by atoms with van der Waals surface area (Å²) in [5.74, 6) is 0.409. The van der Waals surface area contributed by atoms with E-state index in [0.29, 0.717) is 17.9 Å². The van der Waals surface area contributed by atoms with Crippen LogP contribution in [0.5, 0.6) is 5.75 Å². The third kappa shape index (κ3) is 1.70. The van der Waals surface area contributed by atoms with Gasteiger partial charge in [0.15, 0.2) is 0 Å². The van der Waals surface area contributed by atoms with Crippen molar-refractivity contribution in [1.29, 1.82) is 0 Å². The summed E-state index contributed by atoms with van der Waals surface area (Å²) < 4.78 is 18.5. The van der Waals surface area contributed by atoms with E-state index in [1.54, 1.807) is 13.0 Å². The van der Waals surface area contributed by atoms with Gasteiger partial charge in [-0.05, 0) is 13.0 Å². The molecular formula is C10H13ClFNO. The third-order valence-electron chi connectivity index (χ3n) is 2.44. The molecule has 78 valence electrons. The quantitative estimate of drug-likeness (QED) is 0.724. The topological polar surface area (TPSA) is 35.2 Å². The van der Waals surface area contributed by atoms with E-state index in [-0.39, 0.29) is 24.3 Å². The average molecular weight is 218 g/mol. The molecule has 0 fully saturated rings. The molecule has 0 saturated carbocycles. The molecule has 1 aliphatic heterocycles. The second-order valence-corrected chi connectivity index (χ2v) is 3.33. The molecule has 2 rings (SSSR count). The van der Waals surface area contributed by atoms with Crippen LogP contribution in [-0.4, -0.2) is 6.61 Å². The molecule has 4 heteroatoms. The second kappa shape index (κ2) is 4.15. The van der Waals surface area contributed by atoms with Crippen LogP contribution in [0, 0.1) is 12.7 Å². The van der Waals surface area contributed by atoms with Crippen molar-refractivity contribution >= 4 is 12.4 Å². The highest BCUT2D eigenvalue weighted by molar-refractivity contribution is 5.85. The lowest BCUT2D eigenvalue weighted by Gasteiger charge is -2.24. The molecule has 0 aromatic heterocycles. The van der Waals surface area contributed by atoms with Gasteiger partial charge in [-0.1, -0.05) is 6.07 Å². The molecule has 1 aliphatic rings. The summed E-state index contributed by atoms with van der Waals surface area (Å²) >= 11 is 0. The molecule has 0 radical (unpaired) electrons. The summed E-state index contributed by atoms with van der Waals surface area (Å²) in [5, 5.41) is 0. The van der Waals surface area contributed by atoms with Crippen LogP contribution in [0.15, 0.2) is 12.1 Å². The van der Waals surface area contributed by atoms with E-state index in [1.165, 1.54) is 6.07 Å². The van der Waals surface area contributed by atoms with E-state index in [9.17, 15) is 4.39 Å². The largest absolute Gasteiger partial charge is 0.493 e. The predicted octanol–water partition coefficient (Wildman–Crippen LogP) is 2.34. The molecule has 0 amide bonds.